The third-order valence-corrected chi connectivity index (χ3v) is 3.44. The van der Waals surface area contributed by atoms with Gasteiger partial charge in [-0.15, -0.1) is 0 Å². The van der Waals surface area contributed by atoms with Crippen molar-refractivity contribution in [1.29, 1.82) is 5.39 Å². The summed E-state index contributed by atoms with van der Waals surface area (Å²) in [6, 6.07) is 5.28. The molecule has 0 radical (unpaired) electrons. The first-order valence-corrected chi connectivity index (χ1v) is 5.97. The molecule has 1 heterocycles. The molecule has 1 aliphatic heterocycles. The number of anilines is 1. The second-order valence-corrected chi connectivity index (χ2v) is 4.52. The Bertz CT molecular complexity index is 661. The summed E-state index contributed by atoms with van der Waals surface area (Å²) >= 11 is 0. The number of diazo groups is 1. The number of carbonyl (C=O) groups excluding carboxylic acids is 1. The maximum atomic E-state index is 12.5. The normalized spacial score (nSPS) is 22.4. The van der Waals surface area contributed by atoms with Crippen molar-refractivity contribution in [1.82, 2.24) is 0 Å². The first-order valence-electron chi connectivity index (χ1n) is 5.97. The van der Waals surface area contributed by atoms with Gasteiger partial charge in [-0.2, -0.15) is 0 Å². The second kappa shape index (κ2) is 5.35. The molecule has 1 aromatic carbocycles. The van der Waals surface area contributed by atoms with Gasteiger partial charge in [0.15, 0.2) is 10.8 Å². The number of benzene rings is 1. The number of fused-ring (bicyclic) bond motifs is 2. The number of rotatable bonds is 1. The van der Waals surface area contributed by atoms with Crippen molar-refractivity contribution >= 4 is 11.5 Å². The number of methoxy groups -OCH3 is 1. The maximum Gasteiger partial charge on any atom is 0.381 e. The molecule has 0 bridgehead atoms. The number of ketones is 1. The van der Waals surface area contributed by atoms with Crippen LogP contribution in [-0.4, -0.2) is 18.9 Å². The van der Waals surface area contributed by atoms with Crippen LogP contribution in [0.15, 0.2) is 42.1 Å². The van der Waals surface area contributed by atoms with Crippen molar-refractivity contribution < 1.29 is 21.9 Å². The average Bonchev–Trinajstić information content (AvgIpc) is 2.47. The Hall–Kier alpha value is -2.32. The van der Waals surface area contributed by atoms with Gasteiger partial charge in [0, 0.05) is 23.4 Å². The van der Waals surface area contributed by atoms with E-state index in [-0.39, 0.29) is 30.2 Å². The van der Waals surface area contributed by atoms with Crippen LogP contribution in [-0.2, 0) is 0 Å². The van der Waals surface area contributed by atoms with Crippen molar-refractivity contribution in [2.45, 2.75) is 6.04 Å². The number of halogens is 1. The Labute approximate surface area is 122 Å². The van der Waals surface area contributed by atoms with Gasteiger partial charge in [0.25, 0.3) is 0 Å². The van der Waals surface area contributed by atoms with Gasteiger partial charge in [0.05, 0.1) is 19.1 Å². The largest absolute Gasteiger partial charge is 1.00 e. The summed E-state index contributed by atoms with van der Waals surface area (Å²) in [6.45, 7) is 0. The highest BCUT2D eigenvalue weighted by Crippen LogP contribution is 2.34. The predicted molar refractivity (Wildman–Crippen MR) is 70.5 cm³/mol. The maximum absolute atomic E-state index is 12.5. The summed E-state index contributed by atoms with van der Waals surface area (Å²) in [5, 5.41) is 12.1. The number of nitrogens with one attached hydrogen (secondary N) is 1. The topological polar surface area (TPSA) is 66.5 Å². The van der Waals surface area contributed by atoms with Gasteiger partial charge < -0.3 is 22.5 Å². The fourth-order valence-electron chi connectivity index (χ4n) is 2.45. The SMILES string of the molecule is COc1ccc2c(c1)C(=O)C1C=C([N+]#N)C=CC1N2.[Cl-]. The summed E-state index contributed by atoms with van der Waals surface area (Å²) in [7, 11) is 1.57. The molecule has 2 aliphatic rings. The number of hydrogen-bond acceptors (Lipinski definition) is 4. The number of Topliss-reactive ketones (excluding diaryl/α,β-unsaturated/α-hetero) is 1. The van der Waals surface area contributed by atoms with E-state index in [0.717, 1.165) is 5.69 Å². The first-order chi connectivity index (χ1) is 9.22. The van der Waals surface area contributed by atoms with Crippen molar-refractivity contribution in [2.75, 3.05) is 12.4 Å². The van der Waals surface area contributed by atoms with Crippen molar-refractivity contribution in [2.24, 2.45) is 5.92 Å². The zero-order valence-electron chi connectivity index (χ0n) is 10.7. The summed E-state index contributed by atoms with van der Waals surface area (Å²) < 4.78 is 5.14. The molecule has 3 rings (SSSR count). The van der Waals surface area contributed by atoms with Crippen LogP contribution >= 0.6 is 0 Å². The summed E-state index contributed by atoms with van der Waals surface area (Å²) in [5.74, 6) is 0.299. The molecule has 2 unspecified atom stereocenters. The minimum absolute atomic E-state index is 0. The zero-order valence-corrected chi connectivity index (χ0v) is 11.5. The first kappa shape index (κ1) is 14.1. The monoisotopic (exact) mass is 289 g/mol. The van der Waals surface area contributed by atoms with Crippen molar-refractivity contribution in [3.05, 3.63) is 52.7 Å². The standard InChI is InChI=1S/C14H11N3O2.ClH/c1-19-9-3-5-13-11(7-9)14(18)10-6-8(17-15)2-4-12(10)16-13;/h2-7,10,12H,1H3;1H. The minimum Gasteiger partial charge on any atom is -1.00 e. The van der Waals surface area contributed by atoms with E-state index in [1.165, 1.54) is 0 Å². The van der Waals surface area contributed by atoms with Crippen LogP contribution in [0.2, 0.25) is 0 Å². The van der Waals surface area contributed by atoms with E-state index in [0.29, 0.717) is 17.0 Å². The minimum atomic E-state index is -0.351. The van der Waals surface area contributed by atoms with Crippen LogP contribution in [0.1, 0.15) is 10.4 Å². The van der Waals surface area contributed by atoms with E-state index in [4.69, 9.17) is 10.1 Å². The van der Waals surface area contributed by atoms with Gasteiger partial charge >= 0.3 is 5.70 Å². The number of carbonyl (C=O) groups is 1. The van der Waals surface area contributed by atoms with E-state index in [1.807, 2.05) is 18.2 Å². The molecule has 20 heavy (non-hydrogen) atoms. The smallest absolute Gasteiger partial charge is 0.381 e. The highest BCUT2D eigenvalue weighted by Gasteiger charge is 2.36. The zero-order chi connectivity index (χ0) is 13.4. The van der Waals surface area contributed by atoms with Crippen molar-refractivity contribution in [3.63, 3.8) is 0 Å². The average molecular weight is 290 g/mol. The Balaban J connectivity index is 0.00000147. The number of hydrogen-bond donors (Lipinski definition) is 1. The molecule has 0 amide bonds. The Morgan fingerprint density at radius 3 is 2.90 bits per heavy atom. The molecule has 0 saturated carbocycles. The summed E-state index contributed by atoms with van der Waals surface area (Å²) in [6.07, 6.45) is 5.20. The van der Waals surface area contributed by atoms with Crippen LogP contribution in [0.25, 0.3) is 4.98 Å². The van der Waals surface area contributed by atoms with E-state index in [1.54, 1.807) is 25.3 Å². The van der Waals surface area contributed by atoms with Crippen LogP contribution < -0.4 is 22.5 Å². The fraction of sp³-hybridized carbons (Fsp3) is 0.214. The molecule has 1 aromatic rings. The fourth-order valence-corrected chi connectivity index (χ4v) is 2.45. The highest BCUT2D eigenvalue weighted by atomic mass is 35.5. The number of allylic oxidation sites excluding steroid dienone is 1. The molecule has 2 atom stereocenters. The van der Waals surface area contributed by atoms with Crippen LogP contribution in [0, 0.1) is 11.3 Å². The Kier molecular flexibility index (Phi) is 3.77. The Morgan fingerprint density at radius 2 is 2.20 bits per heavy atom. The summed E-state index contributed by atoms with van der Waals surface area (Å²) in [5.41, 5.74) is 1.81. The van der Waals surface area contributed by atoms with E-state index in [9.17, 15) is 4.79 Å². The van der Waals surface area contributed by atoms with Crippen LogP contribution in [0.3, 0.4) is 0 Å². The highest BCUT2D eigenvalue weighted by molar-refractivity contribution is 6.06. The second-order valence-electron chi connectivity index (χ2n) is 4.52. The Morgan fingerprint density at radius 1 is 1.40 bits per heavy atom. The lowest BCUT2D eigenvalue weighted by Gasteiger charge is -2.30. The third kappa shape index (κ3) is 2.15. The predicted octanol–water partition coefficient (Wildman–Crippen LogP) is -0.401. The lowest BCUT2D eigenvalue weighted by atomic mass is 9.83. The lowest BCUT2D eigenvalue weighted by molar-refractivity contribution is -0.0000125. The van der Waals surface area contributed by atoms with E-state index in [2.05, 4.69) is 10.3 Å². The van der Waals surface area contributed by atoms with Gasteiger partial charge in [0.1, 0.15) is 5.75 Å². The van der Waals surface area contributed by atoms with Gasteiger partial charge in [0.2, 0.25) is 5.39 Å². The quantitative estimate of drug-likeness (QED) is 0.715. The molecule has 5 nitrogen and oxygen atoms in total. The van der Waals surface area contributed by atoms with Gasteiger partial charge in [-0.05, 0) is 18.2 Å². The van der Waals surface area contributed by atoms with E-state index < -0.39 is 0 Å². The molecule has 6 heteroatoms. The molecular weight excluding hydrogens is 278 g/mol. The number of nitrogens with zero attached hydrogens (tertiary/aromatic N) is 2. The van der Waals surface area contributed by atoms with Crippen LogP contribution in [0.5, 0.6) is 5.75 Å². The van der Waals surface area contributed by atoms with Gasteiger partial charge in [-0.3, -0.25) is 4.79 Å². The molecule has 0 fully saturated rings. The van der Waals surface area contributed by atoms with Gasteiger partial charge in [-0.25, -0.2) is 0 Å². The third-order valence-electron chi connectivity index (χ3n) is 3.44. The van der Waals surface area contributed by atoms with Gasteiger partial charge in [-0.1, -0.05) is 6.08 Å². The van der Waals surface area contributed by atoms with Crippen LogP contribution in [0.4, 0.5) is 5.69 Å². The molecule has 0 saturated heterocycles. The molecule has 1 aliphatic carbocycles. The molecular formula is C14H12ClN3O2. The van der Waals surface area contributed by atoms with Crippen molar-refractivity contribution in [3.8, 4) is 5.75 Å². The molecule has 0 spiro atoms. The number of ether oxygens (including phenoxy) is 1. The molecule has 102 valence electrons. The molecule has 0 aromatic heterocycles. The molecule has 1 N–H and O–H groups in total. The summed E-state index contributed by atoms with van der Waals surface area (Å²) in [4.78, 5) is 15.6. The van der Waals surface area contributed by atoms with E-state index >= 15 is 0 Å². The lowest BCUT2D eigenvalue weighted by Crippen LogP contribution is -3.00.